The van der Waals surface area contributed by atoms with Crippen molar-refractivity contribution in [3.05, 3.63) is 35.4 Å². The lowest BCUT2D eigenvalue weighted by molar-refractivity contribution is 0.109. The average Bonchev–Trinajstić information content (AvgIpc) is 3.11. The average molecular weight is 207 g/mol. The highest BCUT2D eigenvalue weighted by Crippen LogP contribution is 2.40. The van der Waals surface area contributed by atoms with Gasteiger partial charge in [-0.2, -0.15) is 0 Å². The van der Waals surface area contributed by atoms with Gasteiger partial charge in [0, 0.05) is 0 Å². The normalized spacial score (nSPS) is 19.9. The SMILES string of the molecule is NC(CO)C(O)c1ccc(C2CC2)cc1. The smallest absolute Gasteiger partial charge is 0.0963 e. The molecule has 4 N–H and O–H groups in total. The van der Waals surface area contributed by atoms with Crippen LogP contribution in [0.1, 0.15) is 36.0 Å². The Morgan fingerprint density at radius 3 is 2.33 bits per heavy atom. The monoisotopic (exact) mass is 207 g/mol. The summed E-state index contributed by atoms with van der Waals surface area (Å²) in [5.74, 6) is 0.725. The summed E-state index contributed by atoms with van der Waals surface area (Å²) < 4.78 is 0. The summed E-state index contributed by atoms with van der Waals surface area (Å²) in [6, 6.07) is 7.28. The van der Waals surface area contributed by atoms with Gasteiger partial charge in [0.2, 0.25) is 0 Å². The van der Waals surface area contributed by atoms with Gasteiger partial charge in [0.15, 0.2) is 0 Å². The molecule has 1 aromatic rings. The highest BCUT2D eigenvalue weighted by molar-refractivity contribution is 5.29. The van der Waals surface area contributed by atoms with E-state index in [2.05, 4.69) is 0 Å². The lowest BCUT2D eigenvalue weighted by atomic mass is 10.0. The van der Waals surface area contributed by atoms with E-state index in [0.29, 0.717) is 0 Å². The molecule has 1 aliphatic rings. The molecule has 82 valence electrons. The lowest BCUT2D eigenvalue weighted by Gasteiger charge is -2.17. The van der Waals surface area contributed by atoms with Crippen LogP contribution in [0.25, 0.3) is 0 Å². The number of aliphatic hydroxyl groups excluding tert-OH is 2. The third kappa shape index (κ3) is 2.37. The van der Waals surface area contributed by atoms with Gasteiger partial charge < -0.3 is 15.9 Å². The van der Waals surface area contributed by atoms with Crippen LogP contribution >= 0.6 is 0 Å². The van der Waals surface area contributed by atoms with Crippen molar-refractivity contribution < 1.29 is 10.2 Å². The molecule has 0 spiro atoms. The van der Waals surface area contributed by atoms with Crippen LogP contribution < -0.4 is 5.73 Å². The van der Waals surface area contributed by atoms with E-state index in [1.807, 2.05) is 24.3 Å². The fourth-order valence-corrected chi connectivity index (χ4v) is 1.73. The Balaban J connectivity index is 2.08. The molecule has 3 nitrogen and oxygen atoms in total. The molecule has 0 bridgehead atoms. The van der Waals surface area contributed by atoms with E-state index < -0.39 is 12.1 Å². The number of hydrogen-bond donors (Lipinski definition) is 3. The van der Waals surface area contributed by atoms with Crippen LogP contribution in [0.2, 0.25) is 0 Å². The van der Waals surface area contributed by atoms with Crippen molar-refractivity contribution in [2.24, 2.45) is 5.73 Å². The third-order valence-electron chi connectivity index (χ3n) is 2.94. The largest absolute Gasteiger partial charge is 0.395 e. The van der Waals surface area contributed by atoms with Gasteiger partial charge in [-0.05, 0) is 29.9 Å². The van der Waals surface area contributed by atoms with E-state index in [9.17, 15) is 5.11 Å². The fourth-order valence-electron chi connectivity index (χ4n) is 1.73. The van der Waals surface area contributed by atoms with Gasteiger partial charge in [-0.25, -0.2) is 0 Å². The molecule has 3 heteroatoms. The first-order valence-electron chi connectivity index (χ1n) is 5.36. The van der Waals surface area contributed by atoms with E-state index in [4.69, 9.17) is 10.8 Å². The molecule has 2 unspecified atom stereocenters. The summed E-state index contributed by atoms with van der Waals surface area (Å²) in [7, 11) is 0. The second-order valence-electron chi connectivity index (χ2n) is 4.23. The van der Waals surface area contributed by atoms with E-state index in [0.717, 1.165) is 11.5 Å². The Morgan fingerprint density at radius 1 is 1.27 bits per heavy atom. The first-order chi connectivity index (χ1) is 7.22. The van der Waals surface area contributed by atoms with Crippen molar-refractivity contribution in [3.63, 3.8) is 0 Å². The van der Waals surface area contributed by atoms with E-state index in [1.165, 1.54) is 18.4 Å². The summed E-state index contributed by atoms with van der Waals surface area (Å²) in [4.78, 5) is 0. The maximum atomic E-state index is 9.75. The molecule has 2 rings (SSSR count). The van der Waals surface area contributed by atoms with Crippen molar-refractivity contribution in [3.8, 4) is 0 Å². The van der Waals surface area contributed by atoms with Crippen LogP contribution in [-0.4, -0.2) is 22.9 Å². The lowest BCUT2D eigenvalue weighted by Crippen LogP contribution is -2.31. The molecular formula is C12H17NO2. The molecule has 0 aromatic heterocycles. The molecular weight excluding hydrogens is 190 g/mol. The van der Waals surface area contributed by atoms with Gasteiger partial charge in [-0.3, -0.25) is 0 Å². The zero-order valence-electron chi connectivity index (χ0n) is 8.63. The quantitative estimate of drug-likeness (QED) is 0.687. The Kier molecular flexibility index (Phi) is 3.05. The van der Waals surface area contributed by atoms with Crippen molar-refractivity contribution in [2.45, 2.75) is 30.9 Å². The van der Waals surface area contributed by atoms with E-state index >= 15 is 0 Å². The molecule has 1 saturated carbocycles. The van der Waals surface area contributed by atoms with Crippen LogP contribution in [-0.2, 0) is 0 Å². The molecule has 1 aliphatic carbocycles. The van der Waals surface area contributed by atoms with Gasteiger partial charge in [-0.1, -0.05) is 24.3 Å². The molecule has 0 radical (unpaired) electrons. The summed E-state index contributed by atoms with van der Waals surface area (Å²) >= 11 is 0. The minimum absolute atomic E-state index is 0.203. The molecule has 2 atom stereocenters. The first-order valence-corrected chi connectivity index (χ1v) is 5.36. The second kappa shape index (κ2) is 4.31. The van der Waals surface area contributed by atoms with Gasteiger partial charge >= 0.3 is 0 Å². The number of hydrogen-bond acceptors (Lipinski definition) is 3. The van der Waals surface area contributed by atoms with Crippen molar-refractivity contribution in [2.75, 3.05) is 6.61 Å². The maximum absolute atomic E-state index is 9.75. The van der Waals surface area contributed by atoms with Crippen LogP contribution in [0.5, 0.6) is 0 Å². The highest BCUT2D eigenvalue weighted by Gasteiger charge is 2.23. The van der Waals surface area contributed by atoms with Crippen LogP contribution in [0, 0.1) is 0 Å². The fraction of sp³-hybridized carbons (Fsp3) is 0.500. The van der Waals surface area contributed by atoms with Crippen LogP contribution in [0.3, 0.4) is 0 Å². The molecule has 1 aromatic carbocycles. The molecule has 0 saturated heterocycles. The maximum Gasteiger partial charge on any atom is 0.0963 e. The summed E-state index contributed by atoms with van der Waals surface area (Å²) in [6.07, 6.45) is 1.78. The number of rotatable bonds is 4. The van der Waals surface area contributed by atoms with Crippen molar-refractivity contribution >= 4 is 0 Å². The number of aliphatic hydroxyl groups is 2. The number of benzene rings is 1. The molecule has 15 heavy (non-hydrogen) atoms. The summed E-state index contributed by atoms with van der Waals surface area (Å²) in [5, 5.41) is 18.6. The highest BCUT2D eigenvalue weighted by atomic mass is 16.3. The van der Waals surface area contributed by atoms with Gasteiger partial charge in [0.05, 0.1) is 18.8 Å². The Morgan fingerprint density at radius 2 is 1.87 bits per heavy atom. The molecule has 0 aliphatic heterocycles. The second-order valence-corrected chi connectivity index (χ2v) is 4.23. The standard InChI is InChI=1S/C12H17NO2/c13-11(7-14)12(15)10-5-3-9(4-6-10)8-1-2-8/h3-6,8,11-12,14-15H,1-2,7,13H2. The van der Waals surface area contributed by atoms with Crippen molar-refractivity contribution in [1.29, 1.82) is 0 Å². The summed E-state index contributed by atoms with van der Waals surface area (Å²) in [6.45, 7) is -0.203. The van der Waals surface area contributed by atoms with Crippen LogP contribution in [0.15, 0.2) is 24.3 Å². The number of nitrogens with two attached hydrogens (primary N) is 1. The van der Waals surface area contributed by atoms with E-state index in [-0.39, 0.29) is 6.61 Å². The van der Waals surface area contributed by atoms with Gasteiger partial charge in [0.1, 0.15) is 0 Å². The third-order valence-corrected chi connectivity index (χ3v) is 2.94. The first kappa shape index (κ1) is 10.6. The summed E-state index contributed by atoms with van der Waals surface area (Å²) in [5.41, 5.74) is 7.67. The Labute approximate surface area is 89.5 Å². The van der Waals surface area contributed by atoms with Gasteiger partial charge in [0.25, 0.3) is 0 Å². The molecule has 0 heterocycles. The minimum atomic E-state index is -0.775. The van der Waals surface area contributed by atoms with E-state index in [1.54, 1.807) is 0 Å². The topological polar surface area (TPSA) is 66.5 Å². The minimum Gasteiger partial charge on any atom is -0.395 e. The van der Waals surface area contributed by atoms with Crippen LogP contribution in [0.4, 0.5) is 0 Å². The van der Waals surface area contributed by atoms with Gasteiger partial charge in [-0.15, -0.1) is 0 Å². The molecule has 0 amide bonds. The Bertz CT molecular complexity index is 319. The zero-order chi connectivity index (χ0) is 10.8. The Hall–Kier alpha value is -0.900. The molecule has 1 fully saturated rings. The predicted octanol–water partition coefficient (Wildman–Crippen LogP) is 0.917. The zero-order valence-corrected chi connectivity index (χ0v) is 8.63. The predicted molar refractivity (Wildman–Crippen MR) is 58.4 cm³/mol. The van der Waals surface area contributed by atoms with Crippen molar-refractivity contribution in [1.82, 2.24) is 0 Å².